The maximum atomic E-state index is 4.45. The van der Waals surface area contributed by atoms with Crippen LogP contribution in [0.1, 0.15) is 19.8 Å². The molecule has 0 aromatic heterocycles. The van der Waals surface area contributed by atoms with Crippen molar-refractivity contribution in [1.29, 1.82) is 0 Å². The maximum absolute atomic E-state index is 4.45. The molecule has 0 spiro atoms. The summed E-state index contributed by atoms with van der Waals surface area (Å²) in [4.78, 5) is 0. The van der Waals surface area contributed by atoms with E-state index in [1.54, 1.807) is 0 Å². The van der Waals surface area contributed by atoms with Gasteiger partial charge < -0.3 is 0 Å². The Morgan fingerprint density at radius 2 is 0.958 bits per heavy atom. The molecule has 0 aliphatic rings. The zero-order chi connectivity index (χ0) is 16.9. The van der Waals surface area contributed by atoms with Gasteiger partial charge in [-0.3, -0.25) is 0 Å². The zero-order valence-corrected chi connectivity index (χ0v) is 16.6. The van der Waals surface area contributed by atoms with Gasteiger partial charge >= 0.3 is 154 Å². The molecule has 0 nitrogen and oxygen atoms in total. The van der Waals surface area contributed by atoms with Crippen LogP contribution in [0.5, 0.6) is 0 Å². The summed E-state index contributed by atoms with van der Waals surface area (Å²) in [7, 11) is 0. The summed E-state index contributed by atoms with van der Waals surface area (Å²) in [5.74, 6) is 0. The number of rotatable bonds is 6. The second kappa shape index (κ2) is 7.21. The third-order valence-corrected chi connectivity index (χ3v) is 14.8. The van der Waals surface area contributed by atoms with Crippen LogP contribution in [0.15, 0.2) is 91.0 Å². The standard InChI is InChI=1S/C22H24BrP/c1-2-3-19-24(23,20-13-7-4-8-14-20,21-15-9-5-10-16-21)22-17-11-6-12-18-22/h4-18H,2-3,19H2,1H3. The fourth-order valence-corrected chi connectivity index (χ4v) is 11.3. The van der Waals surface area contributed by atoms with E-state index in [4.69, 9.17) is 0 Å². The zero-order valence-electron chi connectivity index (χ0n) is 14.1. The Morgan fingerprint density at radius 3 is 1.25 bits per heavy atom. The van der Waals surface area contributed by atoms with Gasteiger partial charge in [0.05, 0.1) is 0 Å². The second-order valence-corrected chi connectivity index (χ2v) is 15.3. The molecule has 0 heterocycles. The van der Waals surface area contributed by atoms with E-state index in [1.165, 1.54) is 28.8 Å². The normalized spacial score (nSPS) is 13.2. The fourth-order valence-electron chi connectivity index (χ4n) is 3.51. The van der Waals surface area contributed by atoms with Crippen LogP contribution in [0.3, 0.4) is 0 Å². The van der Waals surface area contributed by atoms with Crippen molar-refractivity contribution in [2.24, 2.45) is 0 Å². The van der Waals surface area contributed by atoms with Crippen molar-refractivity contribution in [1.82, 2.24) is 0 Å². The summed E-state index contributed by atoms with van der Waals surface area (Å²) in [5, 5.41) is 1.59. The quantitative estimate of drug-likeness (QED) is 0.472. The van der Waals surface area contributed by atoms with Gasteiger partial charge in [-0.2, -0.15) is 0 Å². The molecule has 0 amide bonds. The van der Waals surface area contributed by atoms with Gasteiger partial charge in [-0.25, -0.2) is 0 Å². The first-order valence-electron chi connectivity index (χ1n) is 8.60. The second-order valence-electron chi connectivity index (χ2n) is 6.27. The van der Waals surface area contributed by atoms with Gasteiger partial charge in [-0.15, -0.1) is 0 Å². The molecule has 0 saturated carbocycles. The number of hydrogen-bond donors (Lipinski definition) is 0. The van der Waals surface area contributed by atoms with Gasteiger partial charge in [0.15, 0.2) is 0 Å². The molecule has 0 aliphatic carbocycles. The molecule has 0 N–H and O–H groups in total. The van der Waals surface area contributed by atoms with E-state index in [1.807, 2.05) is 0 Å². The minimum absolute atomic E-state index is 1.14. The van der Waals surface area contributed by atoms with Gasteiger partial charge in [-0.05, 0) is 0 Å². The van der Waals surface area contributed by atoms with Crippen LogP contribution in [0.25, 0.3) is 0 Å². The predicted molar refractivity (Wildman–Crippen MR) is 114 cm³/mol. The third kappa shape index (κ3) is 2.85. The van der Waals surface area contributed by atoms with E-state index in [9.17, 15) is 0 Å². The molecule has 24 heavy (non-hydrogen) atoms. The van der Waals surface area contributed by atoms with Gasteiger partial charge in [0.2, 0.25) is 0 Å². The summed E-state index contributed by atoms with van der Waals surface area (Å²) < 4.78 is 0. The Kier molecular flexibility index (Phi) is 5.23. The van der Waals surface area contributed by atoms with Crippen LogP contribution < -0.4 is 15.9 Å². The molecule has 0 fully saturated rings. The average molecular weight is 399 g/mol. The summed E-state index contributed by atoms with van der Waals surface area (Å²) in [6.45, 7) is 2.27. The Morgan fingerprint density at radius 1 is 0.625 bits per heavy atom. The van der Waals surface area contributed by atoms with Gasteiger partial charge in [0.1, 0.15) is 0 Å². The molecule has 3 rings (SSSR count). The number of benzene rings is 3. The number of hydrogen-bond acceptors (Lipinski definition) is 0. The molecule has 124 valence electrons. The SMILES string of the molecule is CCCCP(Br)(c1ccccc1)(c1ccccc1)c1ccccc1. The van der Waals surface area contributed by atoms with E-state index in [-0.39, 0.29) is 0 Å². The van der Waals surface area contributed by atoms with Crippen LogP contribution in [-0.4, -0.2) is 6.16 Å². The van der Waals surface area contributed by atoms with Gasteiger partial charge in [-0.1, -0.05) is 0 Å². The summed E-state index contributed by atoms with van der Waals surface area (Å²) in [6.07, 6.45) is 3.53. The van der Waals surface area contributed by atoms with Crippen LogP contribution in [0, 0.1) is 0 Å². The predicted octanol–water partition coefficient (Wildman–Crippen LogP) is 5.63. The van der Waals surface area contributed by atoms with E-state index >= 15 is 0 Å². The first kappa shape index (κ1) is 17.4. The Hall–Kier alpha value is -1.43. The molecule has 0 unspecified atom stereocenters. The van der Waals surface area contributed by atoms with Crippen LogP contribution in [0.4, 0.5) is 0 Å². The van der Waals surface area contributed by atoms with Crippen molar-refractivity contribution >= 4 is 36.7 Å². The molecule has 0 bridgehead atoms. The molecule has 0 aliphatic heterocycles. The summed E-state index contributed by atoms with van der Waals surface area (Å²) in [6, 6.07) is 33.1. The molecule has 0 radical (unpaired) electrons. The van der Waals surface area contributed by atoms with Crippen LogP contribution >= 0.6 is 20.8 Å². The molecule has 0 atom stereocenters. The number of halogens is 1. The van der Waals surface area contributed by atoms with E-state index < -0.39 is 5.31 Å². The van der Waals surface area contributed by atoms with Crippen molar-refractivity contribution in [3.63, 3.8) is 0 Å². The van der Waals surface area contributed by atoms with Crippen molar-refractivity contribution in [2.75, 3.05) is 6.16 Å². The van der Waals surface area contributed by atoms with Crippen LogP contribution in [0.2, 0.25) is 0 Å². The minimum atomic E-state index is -2.64. The Balaban J connectivity index is 2.37. The first-order chi connectivity index (χ1) is 11.7. The van der Waals surface area contributed by atoms with Gasteiger partial charge in [0.25, 0.3) is 0 Å². The average Bonchev–Trinajstić information content (AvgIpc) is 2.68. The molecule has 0 saturated heterocycles. The summed E-state index contributed by atoms with van der Waals surface area (Å²) in [5.41, 5.74) is 0. The molecule has 3 aromatic carbocycles. The number of unbranched alkanes of at least 4 members (excludes halogenated alkanes) is 1. The van der Waals surface area contributed by atoms with E-state index in [0.717, 1.165) is 6.16 Å². The third-order valence-electron chi connectivity index (χ3n) is 4.82. The molecule has 3 aromatic rings. The van der Waals surface area contributed by atoms with Crippen molar-refractivity contribution in [3.8, 4) is 0 Å². The van der Waals surface area contributed by atoms with E-state index in [2.05, 4.69) is 113 Å². The Labute approximate surface area is 153 Å². The van der Waals surface area contributed by atoms with E-state index in [0.29, 0.717) is 0 Å². The van der Waals surface area contributed by atoms with Crippen molar-refractivity contribution in [2.45, 2.75) is 19.8 Å². The van der Waals surface area contributed by atoms with Gasteiger partial charge in [0, 0.05) is 0 Å². The molecular weight excluding hydrogens is 375 g/mol. The molecular formula is C22H24BrP. The van der Waals surface area contributed by atoms with Crippen molar-refractivity contribution in [3.05, 3.63) is 91.0 Å². The monoisotopic (exact) mass is 398 g/mol. The summed E-state index contributed by atoms with van der Waals surface area (Å²) >= 11 is 4.45. The topological polar surface area (TPSA) is 0 Å². The van der Waals surface area contributed by atoms with Crippen LogP contribution in [-0.2, 0) is 0 Å². The fraction of sp³-hybridized carbons (Fsp3) is 0.182. The Bertz CT molecular complexity index is 669. The van der Waals surface area contributed by atoms with Crippen molar-refractivity contribution < 1.29 is 0 Å². The first-order valence-corrected chi connectivity index (χ1v) is 13.0. The molecule has 2 heteroatoms.